The Morgan fingerprint density at radius 1 is 0.857 bits per heavy atom. The predicted octanol–water partition coefficient (Wildman–Crippen LogP) is 9.82. The lowest BCUT2D eigenvalue weighted by atomic mass is 10.0. The Labute approximate surface area is 323 Å². The summed E-state index contributed by atoms with van der Waals surface area (Å²) in [6, 6.07) is 27.6. The highest BCUT2D eigenvalue weighted by atomic mass is 32.2. The van der Waals surface area contributed by atoms with Crippen LogP contribution in [0.2, 0.25) is 0 Å². The van der Waals surface area contributed by atoms with Crippen molar-refractivity contribution < 1.29 is 31.0 Å². The second kappa shape index (κ2) is 15.3. The van der Waals surface area contributed by atoms with Crippen molar-refractivity contribution in [3.05, 3.63) is 114 Å². The molecule has 0 aliphatic rings. The van der Waals surface area contributed by atoms with E-state index in [0.29, 0.717) is 34.9 Å². The molecule has 0 fully saturated rings. The van der Waals surface area contributed by atoms with E-state index in [2.05, 4.69) is 30.6 Å². The van der Waals surface area contributed by atoms with Gasteiger partial charge in [0.15, 0.2) is 11.6 Å². The van der Waals surface area contributed by atoms with Gasteiger partial charge in [-0.15, -0.1) is 15.3 Å². The van der Waals surface area contributed by atoms with Crippen LogP contribution in [0.15, 0.2) is 127 Å². The number of phenolic OH excluding ortho intramolecular Hbond substituents is 1. The molecule has 0 bridgehead atoms. The van der Waals surface area contributed by atoms with Gasteiger partial charge in [0, 0.05) is 11.9 Å². The Hall–Kier alpha value is -6.56. The van der Waals surface area contributed by atoms with Crippen molar-refractivity contribution in [1.82, 2.24) is 10.1 Å². The average Bonchev–Trinajstić information content (AvgIpc) is 3.61. The van der Waals surface area contributed by atoms with E-state index in [-0.39, 0.29) is 33.7 Å². The highest BCUT2D eigenvalue weighted by Crippen LogP contribution is 2.47. The van der Waals surface area contributed by atoms with Gasteiger partial charge >= 0.3 is 11.3 Å². The van der Waals surface area contributed by atoms with Crippen LogP contribution in [0.3, 0.4) is 0 Å². The summed E-state index contributed by atoms with van der Waals surface area (Å²) in [6.07, 6.45) is 0. The number of nitrogens with zero attached hydrogens (tertiary/aromatic N) is 7. The van der Waals surface area contributed by atoms with Crippen molar-refractivity contribution in [1.29, 1.82) is 0 Å². The molecule has 1 unspecified atom stereocenters. The number of aromatic hydroxyl groups is 1. The summed E-state index contributed by atoms with van der Waals surface area (Å²) < 4.78 is 61.4. The maximum absolute atomic E-state index is 13.4. The fourth-order valence-corrected chi connectivity index (χ4v) is 7.73. The highest BCUT2D eigenvalue weighted by molar-refractivity contribution is 7.86. The van der Waals surface area contributed by atoms with Crippen LogP contribution in [0.4, 0.5) is 34.1 Å². The van der Waals surface area contributed by atoms with Gasteiger partial charge in [-0.1, -0.05) is 47.6 Å². The van der Waals surface area contributed by atoms with Gasteiger partial charge < -0.3 is 19.5 Å². The fraction of sp³-hybridized carbons (Fsp3) is 0.128. The molecule has 0 aliphatic heterocycles. The molecule has 1 aromatic heterocycles. The van der Waals surface area contributed by atoms with E-state index >= 15 is 0 Å². The first-order valence-electron chi connectivity index (χ1n) is 17.1. The molecule has 17 heteroatoms. The molecular formula is C39H34N8O7S2. The lowest BCUT2D eigenvalue weighted by Crippen LogP contribution is -2.29. The largest absolute Gasteiger partial charge is 0.505 e. The van der Waals surface area contributed by atoms with Gasteiger partial charge in [0.1, 0.15) is 22.0 Å². The Kier molecular flexibility index (Phi) is 10.3. The SMILES string of the molecule is CCN(c1ccc(C)c2ccccc12)S(=O)Oc1ccc(N=Nc2c(C)cc3cc(S(=O)(=O)O)c(N=Nc4ccccc4-c4nc(C)no4)c(O)c3c2N)cc1. The van der Waals surface area contributed by atoms with E-state index in [1.54, 1.807) is 72.7 Å². The number of nitrogen functional groups attached to an aromatic ring is 1. The van der Waals surface area contributed by atoms with E-state index in [1.165, 1.54) is 0 Å². The maximum atomic E-state index is 13.4. The van der Waals surface area contributed by atoms with Gasteiger partial charge in [0.05, 0.1) is 33.7 Å². The third-order valence-electron chi connectivity index (χ3n) is 8.86. The van der Waals surface area contributed by atoms with Gasteiger partial charge in [-0.3, -0.25) is 8.86 Å². The first-order valence-corrected chi connectivity index (χ1v) is 19.6. The maximum Gasteiger partial charge on any atom is 0.318 e. The lowest BCUT2D eigenvalue weighted by molar-refractivity contribution is 0.425. The number of hydrogen-bond donors (Lipinski definition) is 3. The molecule has 6 aromatic carbocycles. The minimum Gasteiger partial charge on any atom is -0.505 e. The van der Waals surface area contributed by atoms with E-state index < -0.39 is 37.7 Å². The summed E-state index contributed by atoms with van der Waals surface area (Å²) in [5, 5.41) is 34.4. The minimum absolute atomic E-state index is 0.0137. The van der Waals surface area contributed by atoms with Crippen molar-refractivity contribution in [2.24, 2.45) is 20.5 Å². The molecule has 0 amide bonds. The van der Waals surface area contributed by atoms with Crippen molar-refractivity contribution >= 4 is 77.1 Å². The number of phenols is 1. The molecule has 0 radical (unpaired) electrons. The number of rotatable bonds is 11. The Balaban J connectivity index is 1.17. The number of nitrogens with two attached hydrogens (primary N) is 1. The van der Waals surface area contributed by atoms with Crippen molar-refractivity contribution in [3.63, 3.8) is 0 Å². The number of fused-ring (bicyclic) bond motifs is 2. The summed E-state index contributed by atoms with van der Waals surface area (Å²) in [5.41, 5.74) is 9.58. The summed E-state index contributed by atoms with van der Waals surface area (Å²) in [4.78, 5) is 3.51. The quantitative estimate of drug-likeness (QED) is 0.0639. The minimum atomic E-state index is -4.90. The zero-order chi connectivity index (χ0) is 39.7. The highest BCUT2D eigenvalue weighted by Gasteiger charge is 2.25. The number of aromatic nitrogens is 2. The van der Waals surface area contributed by atoms with Crippen molar-refractivity contribution in [2.45, 2.75) is 32.6 Å². The van der Waals surface area contributed by atoms with Crippen molar-refractivity contribution in [3.8, 4) is 23.0 Å². The van der Waals surface area contributed by atoms with E-state index in [0.717, 1.165) is 28.1 Å². The molecule has 0 aliphatic carbocycles. The van der Waals surface area contributed by atoms with Gasteiger partial charge in [-0.2, -0.15) is 22.7 Å². The first-order chi connectivity index (χ1) is 26.8. The zero-order valence-electron chi connectivity index (χ0n) is 30.4. The van der Waals surface area contributed by atoms with Crippen LogP contribution >= 0.6 is 0 Å². The first kappa shape index (κ1) is 37.7. The number of benzene rings is 6. The normalized spacial score (nSPS) is 12.6. The topological polar surface area (TPSA) is 219 Å². The van der Waals surface area contributed by atoms with Gasteiger partial charge in [0.25, 0.3) is 16.0 Å². The molecule has 284 valence electrons. The summed E-state index contributed by atoms with van der Waals surface area (Å²) in [7, 11) is -4.90. The third-order valence-corrected chi connectivity index (χ3v) is 10.9. The second-order valence-corrected chi connectivity index (χ2v) is 15.0. The number of azo groups is 2. The number of hydrogen-bond acceptors (Lipinski definition) is 13. The summed E-state index contributed by atoms with van der Waals surface area (Å²) in [5.74, 6) is 0.219. The molecule has 56 heavy (non-hydrogen) atoms. The van der Waals surface area contributed by atoms with E-state index in [4.69, 9.17) is 14.4 Å². The molecular weight excluding hydrogens is 757 g/mol. The molecule has 0 saturated carbocycles. The molecule has 1 atom stereocenters. The fourth-order valence-electron chi connectivity index (χ4n) is 6.17. The van der Waals surface area contributed by atoms with Gasteiger partial charge in [-0.25, -0.2) is 0 Å². The molecule has 7 aromatic rings. The number of anilines is 2. The second-order valence-electron chi connectivity index (χ2n) is 12.6. The van der Waals surface area contributed by atoms with E-state index in [9.17, 15) is 22.3 Å². The molecule has 1 heterocycles. The molecule has 15 nitrogen and oxygen atoms in total. The van der Waals surface area contributed by atoms with Crippen LogP contribution < -0.4 is 14.2 Å². The molecule has 4 N–H and O–H groups in total. The summed E-state index contributed by atoms with van der Waals surface area (Å²) >= 11 is -1.85. The smallest absolute Gasteiger partial charge is 0.318 e. The average molecular weight is 791 g/mol. The Bertz CT molecular complexity index is 2840. The Morgan fingerprint density at radius 2 is 1.55 bits per heavy atom. The summed E-state index contributed by atoms with van der Waals surface area (Å²) in [6.45, 7) is 7.70. The van der Waals surface area contributed by atoms with Crippen LogP contribution in [0, 0.1) is 20.8 Å². The zero-order valence-corrected chi connectivity index (χ0v) is 32.0. The van der Waals surface area contributed by atoms with Crippen LogP contribution in [-0.2, 0) is 21.4 Å². The molecule has 0 saturated heterocycles. The van der Waals surface area contributed by atoms with Crippen LogP contribution in [0.1, 0.15) is 23.9 Å². The van der Waals surface area contributed by atoms with E-state index in [1.807, 2.05) is 50.2 Å². The molecule has 0 spiro atoms. The third kappa shape index (κ3) is 7.42. The standard InChI is InChI=1S/C39H34N8O7S2/c1-5-47(32-19-14-22(2)28-10-6-7-11-29(28)32)55(49)54-27-17-15-26(16-18-27)42-44-36-23(3)20-25-21-33(56(50,51)52)37(38(48)34(25)35(36)40)45-43-31-13-9-8-12-30(31)39-41-24(4)46-53-39/h6-21,48H,5,40H2,1-4H3,(H,50,51,52). The van der Waals surface area contributed by atoms with Gasteiger partial charge in [-0.05, 0) is 104 Å². The number of aryl methyl sites for hydroxylation is 3. The van der Waals surface area contributed by atoms with Crippen LogP contribution in [0.5, 0.6) is 11.5 Å². The monoisotopic (exact) mass is 790 g/mol. The predicted molar refractivity (Wildman–Crippen MR) is 214 cm³/mol. The Morgan fingerprint density at radius 3 is 2.25 bits per heavy atom. The van der Waals surface area contributed by atoms with Crippen LogP contribution in [-0.4, -0.2) is 39.0 Å². The lowest BCUT2D eigenvalue weighted by Gasteiger charge is -2.23. The van der Waals surface area contributed by atoms with Crippen LogP contribution in [0.25, 0.3) is 33.0 Å². The van der Waals surface area contributed by atoms with Gasteiger partial charge in [0.2, 0.25) is 0 Å². The van der Waals surface area contributed by atoms with Crippen molar-refractivity contribution in [2.75, 3.05) is 16.6 Å². The molecule has 7 rings (SSSR count).